The van der Waals surface area contributed by atoms with Crippen LogP contribution in [0.2, 0.25) is 0 Å². The predicted octanol–water partition coefficient (Wildman–Crippen LogP) is 4.13. The number of halogens is 3. The summed E-state index contributed by atoms with van der Waals surface area (Å²) in [5.74, 6) is 0. The third-order valence-corrected chi connectivity index (χ3v) is 2.34. The number of rotatable bonds is 4. The van der Waals surface area contributed by atoms with Crippen molar-refractivity contribution in [1.82, 2.24) is 0 Å². The van der Waals surface area contributed by atoms with E-state index in [1.54, 1.807) is 20.8 Å². The highest BCUT2D eigenvalue weighted by atomic mass is 19.4. The van der Waals surface area contributed by atoms with Crippen LogP contribution in [0.3, 0.4) is 0 Å². The number of alkyl halides is 3. The molecule has 4 nitrogen and oxygen atoms in total. The van der Waals surface area contributed by atoms with Gasteiger partial charge in [0.1, 0.15) is 6.61 Å². The van der Waals surface area contributed by atoms with E-state index < -0.39 is 30.1 Å². The maximum Gasteiger partial charge on any atom is 0.510 e. The Hall–Kier alpha value is -1.76. The molecular formula is C14H17F3O4. The minimum atomic E-state index is -4.50. The summed E-state index contributed by atoms with van der Waals surface area (Å²) in [7, 11) is 0. The largest absolute Gasteiger partial charge is 0.510 e. The Labute approximate surface area is 120 Å². The summed E-state index contributed by atoms with van der Waals surface area (Å²) in [6, 6.07) is 4.86. The van der Waals surface area contributed by atoms with Crippen molar-refractivity contribution in [1.29, 1.82) is 0 Å². The van der Waals surface area contributed by atoms with Gasteiger partial charge in [-0.25, -0.2) is 4.79 Å². The Balaban J connectivity index is 2.51. The van der Waals surface area contributed by atoms with Gasteiger partial charge in [-0.1, -0.05) is 18.2 Å². The topological polar surface area (TPSA) is 44.8 Å². The SMILES string of the molecule is CC(C)(C)OCOC(=O)OCc1ccccc1C(F)(F)F. The van der Waals surface area contributed by atoms with Crippen molar-refractivity contribution in [3.63, 3.8) is 0 Å². The van der Waals surface area contributed by atoms with Crippen molar-refractivity contribution in [2.75, 3.05) is 6.79 Å². The molecular weight excluding hydrogens is 289 g/mol. The summed E-state index contributed by atoms with van der Waals surface area (Å²) in [6.07, 6.45) is -5.59. The molecule has 0 bridgehead atoms. The van der Waals surface area contributed by atoms with E-state index in [4.69, 9.17) is 4.74 Å². The molecule has 0 heterocycles. The van der Waals surface area contributed by atoms with Crippen molar-refractivity contribution in [2.24, 2.45) is 0 Å². The van der Waals surface area contributed by atoms with Gasteiger partial charge >= 0.3 is 12.3 Å². The van der Waals surface area contributed by atoms with Gasteiger partial charge in [0.2, 0.25) is 0 Å². The minimum Gasteiger partial charge on any atom is -0.429 e. The summed E-state index contributed by atoms with van der Waals surface area (Å²) in [4.78, 5) is 11.3. The predicted molar refractivity (Wildman–Crippen MR) is 68.4 cm³/mol. The Morgan fingerprint density at radius 3 is 2.29 bits per heavy atom. The molecule has 0 amide bonds. The normalized spacial score (nSPS) is 12.1. The maximum absolute atomic E-state index is 12.7. The second-order valence-electron chi connectivity index (χ2n) is 5.21. The molecule has 0 aliphatic rings. The van der Waals surface area contributed by atoms with Crippen LogP contribution in [0.15, 0.2) is 24.3 Å². The molecule has 7 heteroatoms. The van der Waals surface area contributed by atoms with Crippen LogP contribution in [0.5, 0.6) is 0 Å². The third-order valence-electron chi connectivity index (χ3n) is 2.34. The van der Waals surface area contributed by atoms with E-state index in [0.29, 0.717) is 0 Å². The van der Waals surface area contributed by atoms with Crippen molar-refractivity contribution in [3.8, 4) is 0 Å². The fourth-order valence-corrected chi connectivity index (χ4v) is 1.36. The van der Waals surface area contributed by atoms with Crippen LogP contribution in [0.1, 0.15) is 31.9 Å². The van der Waals surface area contributed by atoms with Gasteiger partial charge < -0.3 is 14.2 Å². The van der Waals surface area contributed by atoms with E-state index >= 15 is 0 Å². The second-order valence-corrected chi connectivity index (χ2v) is 5.21. The summed E-state index contributed by atoms with van der Waals surface area (Å²) < 4.78 is 52.5. The van der Waals surface area contributed by atoms with Crippen molar-refractivity contribution < 1.29 is 32.2 Å². The number of carbonyl (C=O) groups excluding carboxylic acids is 1. The van der Waals surface area contributed by atoms with Gasteiger partial charge in [-0.05, 0) is 26.8 Å². The first-order valence-corrected chi connectivity index (χ1v) is 6.18. The molecule has 0 aliphatic carbocycles. The molecule has 1 rings (SSSR count). The smallest absolute Gasteiger partial charge is 0.429 e. The molecule has 0 aliphatic heterocycles. The fourth-order valence-electron chi connectivity index (χ4n) is 1.36. The first kappa shape index (κ1) is 17.3. The van der Waals surface area contributed by atoms with Gasteiger partial charge in [-0.2, -0.15) is 13.2 Å². The molecule has 21 heavy (non-hydrogen) atoms. The molecule has 0 fully saturated rings. The van der Waals surface area contributed by atoms with Gasteiger partial charge in [-0.3, -0.25) is 0 Å². The van der Waals surface area contributed by atoms with Crippen LogP contribution in [-0.4, -0.2) is 18.5 Å². The highest BCUT2D eigenvalue weighted by molar-refractivity contribution is 5.59. The molecule has 0 spiro atoms. The molecule has 0 N–H and O–H groups in total. The van der Waals surface area contributed by atoms with Crippen molar-refractivity contribution in [2.45, 2.75) is 39.2 Å². The average molecular weight is 306 g/mol. The van der Waals surface area contributed by atoms with Crippen LogP contribution >= 0.6 is 0 Å². The number of hydrogen-bond acceptors (Lipinski definition) is 4. The Kier molecular flexibility index (Phi) is 5.60. The Morgan fingerprint density at radius 2 is 1.71 bits per heavy atom. The molecule has 0 radical (unpaired) electrons. The lowest BCUT2D eigenvalue weighted by molar-refractivity contribution is -0.139. The van der Waals surface area contributed by atoms with Crippen LogP contribution in [-0.2, 0) is 27.0 Å². The van der Waals surface area contributed by atoms with Crippen LogP contribution < -0.4 is 0 Å². The highest BCUT2D eigenvalue weighted by Gasteiger charge is 2.33. The zero-order chi connectivity index (χ0) is 16.1. The van der Waals surface area contributed by atoms with E-state index in [-0.39, 0.29) is 12.4 Å². The molecule has 0 saturated carbocycles. The second kappa shape index (κ2) is 6.80. The van der Waals surface area contributed by atoms with E-state index in [1.807, 2.05) is 0 Å². The molecule has 0 saturated heterocycles. The number of ether oxygens (including phenoxy) is 3. The zero-order valence-corrected chi connectivity index (χ0v) is 12.0. The van der Waals surface area contributed by atoms with Crippen LogP contribution in [0.25, 0.3) is 0 Å². The average Bonchev–Trinajstić information content (AvgIpc) is 2.34. The van der Waals surface area contributed by atoms with Gasteiger partial charge in [0.25, 0.3) is 0 Å². The first-order chi connectivity index (χ1) is 9.59. The summed E-state index contributed by atoms with van der Waals surface area (Å²) >= 11 is 0. The van der Waals surface area contributed by atoms with E-state index in [2.05, 4.69) is 9.47 Å². The van der Waals surface area contributed by atoms with Crippen LogP contribution in [0.4, 0.5) is 18.0 Å². The highest BCUT2D eigenvalue weighted by Crippen LogP contribution is 2.32. The third kappa shape index (κ3) is 6.48. The molecule has 1 aromatic carbocycles. The molecule has 0 atom stereocenters. The maximum atomic E-state index is 12.7. The van der Waals surface area contributed by atoms with Crippen LogP contribution in [0, 0.1) is 0 Å². The van der Waals surface area contributed by atoms with Gasteiger partial charge in [0.05, 0.1) is 11.2 Å². The van der Waals surface area contributed by atoms with Gasteiger partial charge in [0, 0.05) is 5.56 Å². The molecule has 0 unspecified atom stereocenters. The fraction of sp³-hybridized carbons (Fsp3) is 0.500. The van der Waals surface area contributed by atoms with Gasteiger partial charge in [0.15, 0.2) is 6.79 Å². The van der Waals surface area contributed by atoms with Crippen molar-refractivity contribution in [3.05, 3.63) is 35.4 Å². The molecule has 118 valence electrons. The lowest BCUT2D eigenvalue weighted by Crippen LogP contribution is -2.22. The Morgan fingerprint density at radius 1 is 1.10 bits per heavy atom. The van der Waals surface area contributed by atoms with Gasteiger partial charge in [-0.15, -0.1) is 0 Å². The number of benzene rings is 1. The molecule has 1 aromatic rings. The number of hydrogen-bond donors (Lipinski definition) is 0. The number of carbonyl (C=O) groups is 1. The summed E-state index contributed by atoms with van der Waals surface area (Å²) in [6.45, 7) is 4.44. The minimum absolute atomic E-state index is 0.140. The van der Waals surface area contributed by atoms with E-state index in [9.17, 15) is 18.0 Å². The van der Waals surface area contributed by atoms with Crippen molar-refractivity contribution >= 4 is 6.16 Å². The first-order valence-electron chi connectivity index (χ1n) is 6.18. The summed E-state index contributed by atoms with van der Waals surface area (Å²) in [5.41, 5.74) is -1.48. The van der Waals surface area contributed by atoms with E-state index in [1.165, 1.54) is 18.2 Å². The lowest BCUT2D eigenvalue weighted by Gasteiger charge is -2.19. The molecule has 0 aromatic heterocycles. The standard InChI is InChI=1S/C14H17F3O4/c1-13(2,3)21-9-20-12(18)19-8-10-6-4-5-7-11(10)14(15,16)17/h4-7H,8-9H2,1-3H3. The monoisotopic (exact) mass is 306 g/mol. The van der Waals surface area contributed by atoms with E-state index in [0.717, 1.165) is 6.07 Å². The zero-order valence-electron chi connectivity index (χ0n) is 12.0. The lowest BCUT2D eigenvalue weighted by atomic mass is 10.1. The summed E-state index contributed by atoms with van der Waals surface area (Å²) in [5, 5.41) is 0. The quantitative estimate of drug-likeness (QED) is 0.620. The Bertz CT molecular complexity index is 478.